The summed E-state index contributed by atoms with van der Waals surface area (Å²) in [6.07, 6.45) is -2.48. The Morgan fingerprint density at radius 2 is 1.86 bits per heavy atom. The van der Waals surface area contributed by atoms with Crippen LogP contribution in [0.2, 0.25) is 0 Å². The van der Waals surface area contributed by atoms with Crippen molar-refractivity contribution in [3.63, 3.8) is 0 Å². The van der Waals surface area contributed by atoms with Crippen LogP contribution in [0.3, 0.4) is 0 Å². The van der Waals surface area contributed by atoms with Crippen LogP contribution >= 0.6 is 0 Å². The molecule has 14 heavy (non-hydrogen) atoms. The van der Waals surface area contributed by atoms with Crippen LogP contribution in [0.15, 0.2) is 0 Å². The van der Waals surface area contributed by atoms with Crippen LogP contribution in [0.25, 0.3) is 0 Å². The number of nitrogens with one attached hydrogen (secondary N) is 2. The average Bonchev–Trinajstić information content (AvgIpc) is 2.39. The zero-order valence-electron chi connectivity index (χ0n) is 7.19. The fourth-order valence-electron chi connectivity index (χ4n) is 1.73. The topological polar surface area (TPSA) is 108 Å². The molecule has 3 atom stereocenters. The number of aliphatic hydroxyl groups is 2. The van der Waals surface area contributed by atoms with E-state index in [-0.39, 0.29) is 13.2 Å². The summed E-state index contributed by atoms with van der Waals surface area (Å²) in [6, 6.07) is -0.713. The number of ether oxygens (including phenoxy) is 1. The third-order valence-electron chi connectivity index (χ3n) is 2.53. The van der Waals surface area contributed by atoms with E-state index in [2.05, 4.69) is 5.32 Å². The van der Waals surface area contributed by atoms with Crippen LogP contribution in [-0.4, -0.2) is 53.1 Å². The highest BCUT2D eigenvalue weighted by atomic mass is 16.5. The highest BCUT2D eigenvalue weighted by Gasteiger charge is 2.58. The second kappa shape index (κ2) is 2.91. The molecule has 2 fully saturated rings. The first-order valence-corrected chi connectivity index (χ1v) is 4.15. The number of carbonyl (C=O) groups excluding carboxylic acids is 2. The Kier molecular flexibility index (Phi) is 1.95. The zero-order chi connectivity index (χ0) is 10.3. The van der Waals surface area contributed by atoms with Crippen LogP contribution < -0.4 is 10.6 Å². The molecule has 1 spiro atoms. The summed E-state index contributed by atoms with van der Waals surface area (Å²) in [5.41, 5.74) is -1.64. The molecule has 2 heterocycles. The van der Waals surface area contributed by atoms with E-state index >= 15 is 0 Å². The highest BCUT2D eigenvalue weighted by molar-refractivity contribution is 6.08. The van der Waals surface area contributed by atoms with E-state index in [1.54, 1.807) is 0 Å². The molecule has 0 aromatic rings. The Morgan fingerprint density at radius 3 is 2.29 bits per heavy atom. The van der Waals surface area contributed by atoms with E-state index in [1.807, 2.05) is 5.32 Å². The van der Waals surface area contributed by atoms with Gasteiger partial charge in [0, 0.05) is 0 Å². The lowest BCUT2D eigenvalue weighted by Gasteiger charge is -2.38. The molecule has 2 saturated heterocycles. The second-order valence-corrected chi connectivity index (χ2v) is 3.35. The van der Waals surface area contributed by atoms with Gasteiger partial charge in [0.2, 0.25) is 0 Å². The van der Waals surface area contributed by atoms with Crippen LogP contribution in [-0.2, 0) is 9.53 Å². The van der Waals surface area contributed by atoms with Crippen molar-refractivity contribution in [2.45, 2.75) is 17.7 Å². The minimum Gasteiger partial charge on any atom is -0.388 e. The number of hydrogen-bond acceptors (Lipinski definition) is 5. The first-order chi connectivity index (χ1) is 6.57. The first-order valence-electron chi connectivity index (χ1n) is 4.15. The number of urea groups is 1. The minimum atomic E-state index is -1.64. The number of hydrogen-bond donors (Lipinski definition) is 4. The standard InChI is InChI=1S/C7H10N2O5/c10-3-1-14-2-4(11)7(3)5(12)8-6(13)9-7/h3-4,10-11H,1-2H2,(H2,8,9,12,13)/t3-,4+,7?. The molecule has 78 valence electrons. The number of imide groups is 1. The molecule has 7 heteroatoms. The lowest BCUT2D eigenvalue weighted by atomic mass is 9.85. The van der Waals surface area contributed by atoms with Gasteiger partial charge in [-0.15, -0.1) is 0 Å². The Balaban J connectivity index is 2.35. The van der Waals surface area contributed by atoms with Crippen molar-refractivity contribution >= 4 is 11.9 Å². The van der Waals surface area contributed by atoms with Crippen LogP contribution in [0.1, 0.15) is 0 Å². The Morgan fingerprint density at radius 1 is 1.29 bits per heavy atom. The fourth-order valence-corrected chi connectivity index (χ4v) is 1.73. The van der Waals surface area contributed by atoms with Gasteiger partial charge in [-0.25, -0.2) is 4.79 Å². The van der Waals surface area contributed by atoms with E-state index in [9.17, 15) is 19.8 Å². The van der Waals surface area contributed by atoms with Crippen molar-refractivity contribution in [3.8, 4) is 0 Å². The molecule has 3 amide bonds. The van der Waals surface area contributed by atoms with Gasteiger partial charge in [-0.2, -0.15) is 0 Å². The summed E-state index contributed by atoms with van der Waals surface area (Å²) in [7, 11) is 0. The SMILES string of the molecule is O=C1NC(=O)C2(N1)[C@H](O)COC[C@@H]2O. The van der Waals surface area contributed by atoms with Gasteiger partial charge in [0.25, 0.3) is 5.91 Å². The summed E-state index contributed by atoms with van der Waals surface area (Å²) >= 11 is 0. The van der Waals surface area contributed by atoms with E-state index in [4.69, 9.17) is 4.74 Å². The molecule has 0 radical (unpaired) electrons. The van der Waals surface area contributed by atoms with Gasteiger partial charge >= 0.3 is 6.03 Å². The predicted molar refractivity (Wildman–Crippen MR) is 42.2 cm³/mol. The summed E-state index contributed by atoms with van der Waals surface area (Å²) in [6.45, 7) is -0.185. The minimum absolute atomic E-state index is 0.0925. The first kappa shape index (κ1) is 9.38. The van der Waals surface area contributed by atoms with Gasteiger partial charge in [-0.3, -0.25) is 10.1 Å². The molecule has 4 N–H and O–H groups in total. The van der Waals surface area contributed by atoms with Gasteiger partial charge in [-0.1, -0.05) is 0 Å². The van der Waals surface area contributed by atoms with Gasteiger partial charge in [0.15, 0.2) is 5.54 Å². The molecule has 7 nitrogen and oxygen atoms in total. The number of rotatable bonds is 0. The Bertz CT molecular complexity index is 282. The monoisotopic (exact) mass is 202 g/mol. The zero-order valence-corrected chi connectivity index (χ0v) is 7.19. The molecule has 2 rings (SSSR count). The van der Waals surface area contributed by atoms with Gasteiger partial charge in [0.05, 0.1) is 13.2 Å². The highest BCUT2D eigenvalue weighted by Crippen LogP contribution is 2.24. The molecule has 0 saturated carbocycles. The third kappa shape index (κ3) is 1.03. The summed E-state index contributed by atoms with van der Waals surface area (Å²) in [5.74, 6) is -0.717. The molecular formula is C7H10N2O5. The van der Waals surface area contributed by atoms with Crippen LogP contribution in [0.4, 0.5) is 4.79 Å². The number of amides is 3. The summed E-state index contributed by atoms with van der Waals surface area (Å²) in [5, 5.41) is 23.3. The summed E-state index contributed by atoms with van der Waals surface area (Å²) in [4.78, 5) is 22.3. The number of aliphatic hydroxyl groups excluding tert-OH is 2. The largest absolute Gasteiger partial charge is 0.388 e. The molecule has 1 unspecified atom stereocenters. The quantitative estimate of drug-likeness (QED) is 0.320. The van der Waals surface area contributed by atoms with Crippen molar-refractivity contribution < 1.29 is 24.5 Å². The van der Waals surface area contributed by atoms with Crippen molar-refractivity contribution in [3.05, 3.63) is 0 Å². The smallest absolute Gasteiger partial charge is 0.322 e. The van der Waals surface area contributed by atoms with Crippen LogP contribution in [0, 0.1) is 0 Å². The average molecular weight is 202 g/mol. The van der Waals surface area contributed by atoms with Gasteiger partial charge < -0.3 is 20.3 Å². The van der Waals surface area contributed by atoms with Crippen molar-refractivity contribution in [2.75, 3.05) is 13.2 Å². The normalized spacial score (nSPS) is 42.4. The van der Waals surface area contributed by atoms with Crippen LogP contribution in [0.5, 0.6) is 0 Å². The maximum Gasteiger partial charge on any atom is 0.322 e. The number of carbonyl (C=O) groups is 2. The van der Waals surface area contributed by atoms with Crippen molar-refractivity contribution in [1.82, 2.24) is 10.6 Å². The Labute approximate surface area is 79.0 Å². The lowest BCUT2D eigenvalue weighted by molar-refractivity contribution is -0.157. The fraction of sp³-hybridized carbons (Fsp3) is 0.714. The maximum atomic E-state index is 11.4. The van der Waals surface area contributed by atoms with E-state index < -0.39 is 29.7 Å². The van der Waals surface area contributed by atoms with E-state index in [0.717, 1.165) is 0 Å². The van der Waals surface area contributed by atoms with Gasteiger partial charge in [0.1, 0.15) is 12.2 Å². The molecule has 0 aromatic carbocycles. The van der Waals surface area contributed by atoms with Crippen molar-refractivity contribution in [2.24, 2.45) is 0 Å². The van der Waals surface area contributed by atoms with E-state index in [1.165, 1.54) is 0 Å². The molecular weight excluding hydrogens is 192 g/mol. The summed E-state index contributed by atoms with van der Waals surface area (Å²) < 4.78 is 4.83. The van der Waals surface area contributed by atoms with Gasteiger partial charge in [-0.05, 0) is 0 Å². The third-order valence-corrected chi connectivity index (χ3v) is 2.53. The molecule has 2 aliphatic heterocycles. The molecule has 2 aliphatic rings. The van der Waals surface area contributed by atoms with Crippen molar-refractivity contribution in [1.29, 1.82) is 0 Å². The van der Waals surface area contributed by atoms with E-state index in [0.29, 0.717) is 0 Å². The molecule has 0 bridgehead atoms. The molecule has 0 aromatic heterocycles. The second-order valence-electron chi connectivity index (χ2n) is 3.35. The molecule has 0 aliphatic carbocycles. The lowest BCUT2D eigenvalue weighted by Crippen LogP contribution is -2.69. The predicted octanol–water partition coefficient (Wildman–Crippen LogP) is -2.68. The Hall–Kier alpha value is -1.18. The maximum absolute atomic E-state index is 11.4.